The molecule has 0 bridgehead atoms. The second-order valence-electron chi connectivity index (χ2n) is 4.79. The molecule has 20 heavy (non-hydrogen) atoms. The van der Waals surface area contributed by atoms with Gasteiger partial charge in [-0.25, -0.2) is 0 Å². The molecule has 4 heteroatoms. The van der Waals surface area contributed by atoms with E-state index in [1.54, 1.807) is 12.1 Å². The van der Waals surface area contributed by atoms with Gasteiger partial charge in [-0.1, -0.05) is 24.6 Å². The molecule has 0 fully saturated rings. The first-order valence-corrected chi connectivity index (χ1v) is 7.14. The van der Waals surface area contributed by atoms with E-state index in [-0.39, 0.29) is 0 Å². The summed E-state index contributed by atoms with van der Waals surface area (Å²) in [5, 5.41) is 12.8. The zero-order valence-corrected chi connectivity index (χ0v) is 12.3. The van der Waals surface area contributed by atoms with Gasteiger partial charge in [-0.05, 0) is 42.3 Å². The molecule has 0 aliphatic carbocycles. The second kappa shape index (κ2) is 7.14. The van der Waals surface area contributed by atoms with Crippen molar-refractivity contribution in [1.29, 1.82) is 5.26 Å². The maximum absolute atomic E-state index is 8.83. The Balaban J connectivity index is 2.01. The zero-order chi connectivity index (χ0) is 14.4. The van der Waals surface area contributed by atoms with Crippen molar-refractivity contribution in [2.24, 2.45) is 0 Å². The number of nitriles is 1. The van der Waals surface area contributed by atoms with Crippen molar-refractivity contribution in [3.63, 3.8) is 0 Å². The van der Waals surface area contributed by atoms with Gasteiger partial charge in [-0.3, -0.25) is 0 Å². The van der Waals surface area contributed by atoms with E-state index in [4.69, 9.17) is 16.9 Å². The number of halogens is 1. The van der Waals surface area contributed by atoms with Crippen molar-refractivity contribution in [3.05, 3.63) is 58.4 Å². The van der Waals surface area contributed by atoms with E-state index in [0.717, 1.165) is 31.6 Å². The third-order valence-corrected chi connectivity index (χ3v) is 3.45. The number of rotatable bonds is 6. The topological polar surface area (TPSA) is 40.8 Å². The molecular formula is C16H18ClN3. The molecule has 0 spiro atoms. The Kier molecular flexibility index (Phi) is 5.23. The first kappa shape index (κ1) is 14.6. The van der Waals surface area contributed by atoms with Gasteiger partial charge in [0.15, 0.2) is 0 Å². The second-order valence-corrected chi connectivity index (χ2v) is 5.19. The molecule has 1 aromatic heterocycles. The van der Waals surface area contributed by atoms with Gasteiger partial charge >= 0.3 is 0 Å². The van der Waals surface area contributed by atoms with Crippen LogP contribution in [0.4, 0.5) is 0 Å². The molecular weight excluding hydrogens is 270 g/mol. The third-order valence-electron chi connectivity index (χ3n) is 3.10. The van der Waals surface area contributed by atoms with Crippen LogP contribution >= 0.6 is 11.6 Å². The maximum atomic E-state index is 8.83. The molecule has 1 N–H and O–H groups in total. The summed E-state index contributed by atoms with van der Waals surface area (Å²) in [5.74, 6) is 0. The first-order chi connectivity index (χ1) is 9.72. The van der Waals surface area contributed by atoms with Crippen LogP contribution in [0.25, 0.3) is 0 Å². The molecule has 104 valence electrons. The molecule has 0 atom stereocenters. The van der Waals surface area contributed by atoms with E-state index < -0.39 is 0 Å². The molecule has 0 unspecified atom stereocenters. The standard InChI is InChI=1S/C16H18ClN3/c1-2-6-19-10-14-5-7-20(11-14)12-15-4-3-13(9-18)8-16(15)17/h3-5,7-8,11,19H,2,6,10,12H2,1H3. The predicted molar refractivity (Wildman–Crippen MR) is 81.7 cm³/mol. The van der Waals surface area contributed by atoms with Crippen molar-refractivity contribution < 1.29 is 0 Å². The molecule has 0 aliphatic heterocycles. The number of aromatic nitrogens is 1. The summed E-state index contributed by atoms with van der Waals surface area (Å²) in [4.78, 5) is 0. The van der Waals surface area contributed by atoms with Crippen LogP contribution in [0, 0.1) is 11.3 Å². The van der Waals surface area contributed by atoms with Crippen LogP contribution in [0.2, 0.25) is 5.02 Å². The molecule has 3 nitrogen and oxygen atoms in total. The Morgan fingerprint density at radius 2 is 2.20 bits per heavy atom. The van der Waals surface area contributed by atoms with Gasteiger partial charge in [0, 0.05) is 30.5 Å². The molecule has 1 aromatic carbocycles. The highest BCUT2D eigenvalue weighted by atomic mass is 35.5. The van der Waals surface area contributed by atoms with Crippen LogP contribution in [0.15, 0.2) is 36.7 Å². The van der Waals surface area contributed by atoms with Gasteiger partial charge in [0.1, 0.15) is 0 Å². The summed E-state index contributed by atoms with van der Waals surface area (Å²) >= 11 is 6.19. The van der Waals surface area contributed by atoms with E-state index in [0.29, 0.717) is 10.6 Å². The quantitative estimate of drug-likeness (QED) is 0.825. The van der Waals surface area contributed by atoms with Crippen LogP contribution < -0.4 is 5.32 Å². The van der Waals surface area contributed by atoms with E-state index >= 15 is 0 Å². The van der Waals surface area contributed by atoms with Crippen molar-refractivity contribution in [3.8, 4) is 6.07 Å². The number of benzene rings is 1. The Morgan fingerprint density at radius 3 is 2.90 bits per heavy atom. The van der Waals surface area contributed by atoms with Crippen molar-refractivity contribution in [2.45, 2.75) is 26.4 Å². The number of hydrogen-bond donors (Lipinski definition) is 1. The lowest BCUT2D eigenvalue weighted by Gasteiger charge is -2.06. The summed E-state index contributed by atoms with van der Waals surface area (Å²) in [6.45, 7) is 4.80. The highest BCUT2D eigenvalue weighted by molar-refractivity contribution is 6.31. The fourth-order valence-electron chi connectivity index (χ4n) is 2.04. The molecule has 2 rings (SSSR count). The Bertz CT molecular complexity index is 610. The van der Waals surface area contributed by atoms with E-state index in [1.807, 2.05) is 6.07 Å². The average Bonchev–Trinajstić information content (AvgIpc) is 2.89. The summed E-state index contributed by atoms with van der Waals surface area (Å²) in [6.07, 6.45) is 5.32. The fraction of sp³-hybridized carbons (Fsp3) is 0.312. The van der Waals surface area contributed by atoms with E-state index in [1.165, 1.54) is 5.56 Å². The Labute approximate surface area is 124 Å². The Hall–Kier alpha value is -1.76. The molecule has 0 aliphatic rings. The Morgan fingerprint density at radius 1 is 1.35 bits per heavy atom. The van der Waals surface area contributed by atoms with Crippen molar-refractivity contribution in [1.82, 2.24) is 9.88 Å². The SMILES string of the molecule is CCCNCc1ccn(Cc2ccc(C#N)cc2Cl)c1. The van der Waals surface area contributed by atoms with Crippen molar-refractivity contribution in [2.75, 3.05) is 6.54 Å². The smallest absolute Gasteiger partial charge is 0.0992 e. The van der Waals surface area contributed by atoms with Crippen LogP contribution in [-0.4, -0.2) is 11.1 Å². The molecule has 0 radical (unpaired) electrons. The predicted octanol–water partition coefficient (Wildman–Crippen LogP) is 3.56. The van der Waals surface area contributed by atoms with Gasteiger partial charge in [0.2, 0.25) is 0 Å². The summed E-state index contributed by atoms with van der Waals surface area (Å²) < 4.78 is 2.11. The first-order valence-electron chi connectivity index (χ1n) is 6.77. The lowest BCUT2D eigenvalue weighted by atomic mass is 10.1. The largest absolute Gasteiger partial charge is 0.350 e. The molecule has 0 amide bonds. The number of nitrogens with zero attached hydrogens (tertiary/aromatic N) is 2. The number of hydrogen-bond acceptors (Lipinski definition) is 2. The summed E-state index contributed by atoms with van der Waals surface area (Å²) in [6, 6.07) is 9.63. The molecule has 1 heterocycles. The molecule has 0 saturated heterocycles. The fourth-order valence-corrected chi connectivity index (χ4v) is 2.29. The minimum absolute atomic E-state index is 0.593. The van der Waals surface area contributed by atoms with Crippen molar-refractivity contribution >= 4 is 11.6 Å². The van der Waals surface area contributed by atoms with Crippen LogP contribution in [0.5, 0.6) is 0 Å². The summed E-state index contributed by atoms with van der Waals surface area (Å²) in [5.41, 5.74) is 2.88. The van der Waals surface area contributed by atoms with Gasteiger partial charge in [0.25, 0.3) is 0 Å². The number of nitrogens with one attached hydrogen (secondary N) is 1. The van der Waals surface area contributed by atoms with Gasteiger partial charge in [-0.2, -0.15) is 5.26 Å². The van der Waals surface area contributed by atoms with Crippen LogP contribution in [0.3, 0.4) is 0 Å². The lowest BCUT2D eigenvalue weighted by Crippen LogP contribution is -2.13. The minimum atomic E-state index is 0.593. The van der Waals surface area contributed by atoms with Gasteiger partial charge < -0.3 is 9.88 Å². The third kappa shape index (κ3) is 3.86. The van der Waals surface area contributed by atoms with Gasteiger partial charge in [-0.15, -0.1) is 0 Å². The lowest BCUT2D eigenvalue weighted by molar-refractivity contribution is 0.673. The zero-order valence-electron chi connectivity index (χ0n) is 11.6. The summed E-state index contributed by atoms with van der Waals surface area (Å²) in [7, 11) is 0. The average molecular weight is 288 g/mol. The highest BCUT2D eigenvalue weighted by Crippen LogP contribution is 2.19. The molecule has 2 aromatic rings. The maximum Gasteiger partial charge on any atom is 0.0992 e. The van der Waals surface area contributed by atoms with Crippen LogP contribution in [0.1, 0.15) is 30.0 Å². The van der Waals surface area contributed by atoms with E-state index in [9.17, 15) is 0 Å². The normalized spacial score (nSPS) is 10.4. The van der Waals surface area contributed by atoms with E-state index in [2.05, 4.69) is 41.3 Å². The monoisotopic (exact) mass is 287 g/mol. The molecule has 0 saturated carbocycles. The highest BCUT2D eigenvalue weighted by Gasteiger charge is 2.03. The van der Waals surface area contributed by atoms with Gasteiger partial charge in [0.05, 0.1) is 11.6 Å². The van der Waals surface area contributed by atoms with Crippen LogP contribution in [-0.2, 0) is 13.1 Å². The minimum Gasteiger partial charge on any atom is -0.350 e.